The van der Waals surface area contributed by atoms with Gasteiger partial charge in [-0.3, -0.25) is 9.59 Å². The van der Waals surface area contributed by atoms with Crippen LogP contribution in [-0.4, -0.2) is 61.4 Å². The molecule has 1 saturated heterocycles. The van der Waals surface area contributed by atoms with Crippen LogP contribution in [-0.2, 0) is 4.79 Å². The third-order valence-electron chi connectivity index (χ3n) is 3.75. The third kappa shape index (κ3) is 4.29. The Hall–Kier alpha value is -1.88. The Balaban J connectivity index is 1.91. The van der Waals surface area contributed by atoms with Gasteiger partial charge in [0.2, 0.25) is 5.91 Å². The van der Waals surface area contributed by atoms with Gasteiger partial charge in [-0.25, -0.2) is 0 Å². The molecule has 0 saturated carbocycles. The highest BCUT2D eigenvalue weighted by Gasteiger charge is 2.22. The van der Waals surface area contributed by atoms with E-state index in [9.17, 15) is 9.59 Å². The van der Waals surface area contributed by atoms with E-state index < -0.39 is 0 Å². The first kappa shape index (κ1) is 15.5. The van der Waals surface area contributed by atoms with Crippen molar-refractivity contribution in [2.24, 2.45) is 0 Å². The van der Waals surface area contributed by atoms with Gasteiger partial charge in [-0.2, -0.15) is 0 Å². The average Bonchev–Trinajstić information content (AvgIpc) is 2.79. The summed E-state index contributed by atoms with van der Waals surface area (Å²) in [6, 6.07) is 9.32. The van der Waals surface area contributed by atoms with Crippen LogP contribution in [0.3, 0.4) is 0 Å². The molecule has 5 heteroatoms. The normalized spacial score (nSPS) is 15.7. The minimum Gasteiger partial charge on any atom is -0.341 e. The predicted molar refractivity (Wildman–Crippen MR) is 82.1 cm³/mol. The van der Waals surface area contributed by atoms with Crippen LogP contribution < -0.4 is 5.32 Å². The molecule has 0 aromatic heterocycles. The Morgan fingerprint density at radius 1 is 1.05 bits per heavy atom. The van der Waals surface area contributed by atoms with Crippen molar-refractivity contribution < 1.29 is 9.59 Å². The molecule has 1 aliphatic heterocycles. The number of hydrogen-bond acceptors (Lipinski definition) is 3. The van der Waals surface area contributed by atoms with E-state index in [2.05, 4.69) is 5.32 Å². The summed E-state index contributed by atoms with van der Waals surface area (Å²) >= 11 is 0. The Bertz CT molecular complexity index is 476. The van der Waals surface area contributed by atoms with Crippen LogP contribution in [0.5, 0.6) is 0 Å². The van der Waals surface area contributed by atoms with Crippen molar-refractivity contribution in [3.05, 3.63) is 35.9 Å². The molecule has 0 aliphatic carbocycles. The zero-order valence-electron chi connectivity index (χ0n) is 12.5. The molecule has 5 nitrogen and oxygen atoms in total. The monoisotopic (exact) mass is 289 g/mol. The molecule has 1 N–H and O–H groups in total. The molecular formula is C16H23N3O2. The summed E-state index contributed by atoms with van der Waals surface area (Å²) in [5.41, 5.74) is 0.715. The van der Waals surface area contributed by atoms with Gasteiger partial charge in [0, 0.05) is 44.7 Å². The van der Waals surface area contributed by atoms with Gasteiger partial charge in [-0.1, -0.05) is 18.2 Å². The fraction of sp³-hybridized carbons (Fsp3) is 0.500. The van der Waals surface area contributed by atoms with Crippen molar-refractivity contribution >= 4 is 11.8 Å². The van der Waals surface area contributed by atoms with E-state index in [1.165, 1.54) is 0 Å². The molecule has 1 aromatic rings. The molecule has 0 unspecified atom stereocenters. The van der Waals surface area contributed by atoms with Gasteiger partial charge in [-0.05, 0) is 25.6 Å². The molecule has 0 atom stereocenters. The second-order valence-corrected chi connectivity index (χ2v) is 5.25. The molecule has 0 radical (unpaired) electrons. The van der Waals surface area contributed by atoms with E-state index in [1.54, 1.807) is 0 Å². The summed E-state index contributed by atoms with van der Waals surface area (Å²) in [5.74, 6) is 0.221. The van der Waals surface area contributed by atoms with E-state index in [0.29, 0.717) is 38.2 Å². The molecular weight excluding hydrogens is 266 g/mol. The van der Waals surface area contributed by atoms with E-state index in [1.807, 2.05) is 47.2 Å². The van der Waals surface area contributed by atoms with Crippen LogP contribution in [0.15, 0.2) is 30.3 Å². The maximum atomic E-state index is 12.4. The minimum atomic E-state index is 0.0557. The van der Waals surface area contributed by atoms with Crippen LogP contribution >= 0.6 is 0 Å². The van der Waals surface area contributed by atoms with Gasteiger partial charge in [0.15, 0.2) is 0 Å². The second kappa shape index (κ2) is 7.78. The quantitative estimate of drug-likeness (QED) is 0.898. The maximum absolute atomic E-state index is 12.4. The Kier molecular flexibility index (Phi) is 5.75. The summed E-state index contributed by atoms with van der Waals surface area (Å²) < 4.78 is 0. The lowest BCUT2D eigenvalue weighted by Crippen LogP contribution is -2.38. The smallest absolute Gasteiger partial charge is 0.253 e. The largest absolute Gasteiger partial charge is 0.341 e. The Morgan fingerprint density at radius 3 is 2.43 bits per heavy atom. The van der Waals surface area contributed by atoms with Crippen molar-refractivity contribution in [2.75, 3.05) is 39.8 Å². The van der Waals surface area contributed by atoms with Crippen LogP contribution in [0.2, 0.25) is 0 Å². The number of hydrogen-bond donors (Lipinski definition) is 1. The molecule has 1 heterocycles. The molecule has 1 aliphatic rings. The van der Waals surface area contributed by atoms with Crippen molar-refractivity contribution in [3.8, 4) is 0 Å². The highest BCUT2D eigenvalue weighted by Crippen LogP contribution is 2.10. The van der Waals surface area contributed by atoms with E-state index in [0.717, 1.165) is 13.0 Å². The number of benzene rings is 1. The van der Waals surface area contributed by atoms with Gasteiger partial charge >= 0.3 is 0 Å². The van der Waals surface area contributed by atoms with Crippen LogP contribution in [0.4, 0.5) is 0 Å². The summed E-state index contributed by atoms with van der Waals surface area (Å²) in [7, 11) is 1.84. The Morgan fingerprint density at radius 2 is 1.71 bits per heavy atom. The fourth-order valence-electron chi connectivity index (χ4n) is 2.52. The van der Waals surface area contributed by atoms with Gasteiger partial charge in [0.1, 0.15) is 0 Å². The predicted octanol–water partition coefficient (Wildman–Crippen LogP) is 0.971. The lowest BCUT2D eigenvalue weighted by atomic mass is 10.2. The zero-order valence-corrected chi connectivity index (χ0v) is 12.5. The van der Waals surface area contributed by atoms with Gasteiger partial charge < -0.3 is 15.1 Å². The van der Waals surface area contributed by atoms with Crippen molar-refractivity contribution in [1.29, 1.82) is 0 Å². The van der Waals surface area contributed by atoms with Crippen molar-refractivity contribution in [3.63, 3.8) is 0 Å². The maximum Gasteiger partial charge on any atom is 0.253 e. The van der Waals surface area contributed by atoms with E-state index >= 15 is 0 Å². The third-order valence-corrected chi connectivity index (χ3v) is 3.75. The number of carbonyl (C=O) groups is 2. The summed E-state index contributed by atoms with van der Waals surface area (Å²) in [5, 5.41) is 2.99. The highest BCUT2D eigenvalue weighted by atomic mass is 16.2. The highest BCUT2D eigenvalue weighted by molar-refractivity contribution is 5.94. The van der Waals surface area contributed by atoms with Crippen LogP contribution in [0.25, 0.3) is 0 Å². The lowest BCUT2D eigenvalue weighted by Gasteiger charge is -2.22. The minimum absolute atomic E-state index is 0.0557. The van der Waals surface area contributed by atoms with Crippen molar-refractivity contribution in [2.45, 2.75) is 12.8 Å². The van der Waals surface area contributed by atoms with E-state index in [4.69, 9.17) is 0 Å². The van der Waals surface area contributed by atoms with E-state index in [-0.39, 0.29) is 11.8 Å². The fourth-order valence-corrected chi connectivity index (χ4v) is 2.52. The first-order valence-corrected chi connectivity index (χ1v) is 7.49. The summed E-state index contributed by atoms with van der Waals surface area (Å²) in [6.07, 6.45) is 1.35. The van der Waals surface area contributed by atoms with Gasteiger partial charge in [0.25, 0.3) is 5.91 Å². The van der Waals surface area contributed by atoms with Gasteiger partial charge in [-0.15, -0.1) is 0 Å². The average molecular weight is 289 g/mol. The summed E-state index contributed by atoms with van der Waals surface area (Å²) in [4.78, 5) is 28.2. The molecule has 21 heavy (non-hydrogen) atoms. The first-order valence-electron chi connectivity index (χ1n) is 7.49. The standard InChI is InChI=1S/C16H23N3O2/c1-17-9-8-15(20)18-10-5-11-19(13-12-18)16(21)14-6-3-2-4-7-14/h2-4,6-7,17H,5,8-13H2,1H3. The summed E-state index contributed by atoms with van der Waals surface area (Å²) in [6.45, 7) is 3.38. The molecule has 2 rings (SSSR count). The topological polar surface area (TPSA) is 52.7 Å². The molecule has 114 valence electrons. The molecule has 0 bridgehead atoms. The zero-order chi connectivity index (χ0) is 15.1. The van der Waals surface area contributed by atoms with Gasteiger partial charge in [0.05, 0.1) is 0 Å². The molecule has 1 fully saturated rings. The first-order chi connectivity index (χ1) is 10.2. The molecule has 1 aromatic carbocycles. The Labute approximate surface area is 125 Å². The van der Waals surface area contributed by atoms with Crippen LogP contribution in [0, 0.1) is 0 Å². The number of nitrogens with one attached hydrogen (secondary N) is 1. The molecule has 0 spiro atoms. The SMILES string of the molecule is CNCCC(=O)N1CCCN(C(=O)c2ccccc2)CC1. The van der Waals surface area contributed by atoms with Crippen molar-refractivity contribution in [1.82, 2.24) is 15.1 Å². The number of carbonyl (C=O) groups excluding carboxylic acids is 2. The number of rotatable bonds is 4. The number of nitrogens with zero attached hydrogens (tertiary/aromatic N) is 2. The molecule has 2 amide bonds. The van der Waals surface area contributed by atoms with Crippen LogP contribution in [0.1, 0.15) is 23.2 Å². The lowest BCUT2D eigenvalue weighted by molar-refractivity contribution is -0.130. The number of amides is 2. The second-order valence-electron chi connectivity index (χ2n) is 5.25.